The van der Waals surface area contributed by atoms with Gasteiger partial charge < -0.3 is 15.0 Å². The molecule has 2 rings (SSSR count). The zero-order valence-electron chi connectivity index (χ0n) is 11.7. The van der Waals surface area contributed by atoms with Crippen LogP contribution in [0.1, 0.15) is 28.2 Å². The maximum atomic E-state index is 11.5. The Morgan fingerprint density at radius 2 is 2.21 bits per heavy atom. The van der Waals surface area contributed by atoms with Crippen LogP contribution in [0.25, 0.3) is 0 Å². The molecule has 0 atom stereocenters. The number of hydrogen-bond donors (Lipinski definition) is 1. The summed E-state index contributed by atoms with van der Waals surface area (Å²) in [5.74, 6) is 0.336. The van der Waals surface area contributed by atoms with E-state index in [9.17, 15) is 4.79 Å². The Morgan fingerprint density at radius 1 is 1.53 bits per heavy atom. The number of methoxy groups -OCH3 is 1. The molecule has 1 aromatic heterocycles. The van der Waals surface area contributed by atoms with Gasteiger partial charge in [0.25, 0.3) is 0 Å². The number of piperidine rings is 1. The first-order valence-corrected chi connectivity index (χ1v) is 7.40. The lowest BCUT2D eigenvalue weighted by atomic mass is 9.97. The number of ether oxygens (including phenoxy) is 1. The van der Waals surface area contributed by atoms with Crippen molar-refractivity contribution >= 4 is 22.4 Å². The highest BCUT2D eigenvalue weighted by molar-refractivity contribution is 7.15. The van der Waals surface area contributed by atoms with Gasteiger partial charge in [0.1, 0.15) is 0 Å². The van der Waals surface area contributed by atoms with Crippen LogP contribution in [0, 0.1) is 12.8 Å². The first kappa shape index (κ1) is 14.3. The molecule has 6 heteroatoms. The van der Waals surface area contributed by atoms with Crippen LogP contribution in [0.4, 0.5) is 5.13 Å². The Balaban J connectivity index is 1.88. The molecule has 0 bridgehead atoms. The lowest BCUT2D eigenvalue weighted by molar-refractivity contribution is 0.0594. The van der Waals surface area contributed by atoms with E-state index in [1.54, 1.807) is 0 Å². The number of carbonyl (C=O) groups excluding carboxylic acids is 1. The Morgan fingerprint density at radius 3 is 2.84 bits per heavy atom. The summed E-state index contributed by atoms with van der Waals surface area (Å²) in [5.41, 5.74) is 0.429. The van der Waals surface area contributed by atoms with Gasteiger partial charge in [-0.15, -0.1) is 11.3 Å². The lowest BCUT2D eigenvalue weighted by Gasteiger charge is -2.28. The second-order valence-corrected chi connectivity index (χ2v) is 6.25. The van der Waals surface area contributed by atoms with Crippen LogP contribution in [-0.4, -0.2) is 49.6 Å². The maximum absolute atomic E-state index is 11.5. The molecule has 0 aliphatic carbocycles. The molecule has 1 aliphatic heterocycles. The normalized spacial score (nSPS) is 17.4. The van der Waals surface area contributed by atoms with E-state index in [0.29, 0.717) is 11.6 Å². The van der Waals surface area contributed by atoms with E-state index in [-0.39, 0.29) is 5.97 Å². The average Bonchev–Trinajstić information content (AvgIpc) is 2.78. The molecule has 0 saturated carbocycles. The van der Waals surface area contributed by atoms with Crippen LogP contribution in [0.3, 0.4) is 0 Å². The average molecular weight is 283 g/mol. The molecule has 0 aromatic carbocycles. The van der Waals surface area contributed by atoms with E-state index in [4.69, 9.17) is 4.74 Å². The molecule has 0 radical (unpaired) electrons. The number of rotatable bonds is 4. The molecule has 2 heterocycles. The number of nitrogens with zero attached hydrogens (tertiary/aromatic N) is 2. The van der Waals surface area contributed by atoms with Gasteiger partial charge in [-0.25, -0.2) is 9.78 Å². The third-order valence-corrected chi connectivity index (χ3v) is 4.48. The third-order valence-electron chi connectivity index (χ3n) is 3.56. The smallest absolute Gasteiger partial charge is 0.357 e. The van der Waals surface area contributed by atoms with Crippen molar-refractivity contribution < 1.29 is 9.53 Å². The molecule has 5 nitrogen and oxygen atoms in total. The predicted molar refractivity (Wildman–Crippen MR) is 76.9 cm³/mol. The van der Waals surface area contributed by atoms with E-state index < -0.39 is 0 Å². The molecule has 1 N–H and O–H groups in total. The number of aromatic nitrogens is 1. The quantitative estimate of drug-likeness (QED) is 0.857. The zero-order valence-corrected chi connectivity index (χ0v) is 12.5. The molecule has 0 amide bonds. The number of anilines is 1. The van der Waals surface area contributed by atoms with Crippen LogP contribution >= 0.6 is 11.3 Å². The van der Waals surface area contributed by atoms with Crippen molar-refractivity contribution in [3.8, 4) is 0 Å². The summed E-state index contributed by atoms with van der Waals surface area (Å²) in [4.78, 5) is 19.0. The summed E-state index contributed by atoms with van der Waals surface area (Å²) < 4.78 is 4.71. The number of nitrogens with one attached hydrogen (secondary N) is 1. The van der Waals surface area contributed by atoms with Gasteiger partial charge in [-0.1, -0.05) is 0 Å². The molecule has 19 heavy (non-hydrogen) atoms. The highest BCUT2D eigenvalue weighted by atomic mass is 32.1. The summed E-state index contributed by atoms with van der Waals surface area (Å²) in [7, 11) is 3.54. The highest BCUT2D eigenvalue weighted by Crippen LogP contribution is 2.24. The Labute approximate surface area is 118 Å². The number of esters is 1. The van der Waals surface area contributed by atoms with Crippen LogP contribution in [0.5, 0.6) is 0 Å². The first-order chi connectivity index (χ1) is 9.10. The van der Waals surface area contributed by atoms with E-state index in [2.05, 4.69) is 22.2 Å². The van der Waals surface area contributed by atoms with Gasteiger partial charge in [-0.2, -0.15) is 0 Å². The molecule has 1 saturated heterocycles. The van der Waals surface area contributed by atoms with E-state index in [1.165, 1.54) is 31.3 Å². The number of hydrogen-bond acceptors (Lipinski definition) is 6. The molecule has 0 spiro atoms. The predicted octanol–water partition coefficient (Wildman–Crippen LogP) is 1.99. The lowest BCUT2D eigenvalue weighted by Crippen LogP contribution is -2.32. The SMILES string of the molecule is COC(=O)c1nc(NCC2CCN(C)CC2)sc1C. The van der Waals surface area contributed by atoms with Crippen LogP contribution in [-0.2, 0) is 4.74 Å². The van der Waals surface area contributed by atoms with Crippen LogP contribution < -0.4 is 5.32 Å². The van der Waals surface area contributed by atoms with Gasteiger partial charge in [0.15, 0.2) is 10.8 Å². The standard InChI is InChI=1S/C13H21N3O2S/c1-9-11(12(17)18-3)15-13(19-9)14-8-10-4-6-16(2)7-5-10/h10H,4-8H2,1-3H3,(H,14,15). The zero-order chi connectivity index (χ0) is 13.8. The van der Waals surface area contributed by atoms with Gasteiger partial charge in [-0.05, 0) is 45.8 Å². The van der Waals surface area contributed by atoms with Crippen molar-refractivity contribution in [1.29, 1.82) is 0 Å². The topological polar surface area (TPSA) is 54.5 Å². The first-order valence-electron chi connectivity index (χ1n) is 6.58. The van der Waals surface area contributed by atoms with Crippen LogP contribution in [0.15, 0.2) is 0 Å². The van der Waals surface area contributed by atoms with Gasteiger partial charge >= 0.3 is 5.97 Å². The fourth-order valence-electron chi connectivity index (χ4n) is 2.26. The Kier molecular flexibility index (Phi) is 4.76. The van der Waals surface area contributed by atoms with Crippen molar-refractivity contribution in [1.82, 2.24) is 9.88 Å². The van der Waals surface area contributed by atoms with Crippen molar-refractivity contribution in [2.45, 2.75) is 19.8 Å². The minimum absolute atomic E-state index is 0.360. The monoisotopic (exact) mass is 283 g/mol. The number of carbonyl (C=O) groups is 1. The largest absolute Gasteiger partial charge is 0.464 e. The second-order valence-electron chi connectivity index (χ2n) is 5.04. The molecular formula is C13H21N3O2S. The fraction of sp³-hybridized carbons (Fsp3) is 0.692. The maximum Gasteiger partial charge on any atom is 0.357 e. The number of thiazole rings is 1. The number of likely N-dealkylation sites (tertiary alicyclic amines) is 1. The van der Waals surface area contributed by atoms with Gasteiger partial charge in [0.2, 0.25) is 0 Å². The van der Waals surface area contributed by atoms with Gasteiger partial charge in [-0.3, -0.25) is 0 Å². The second kappa shape index (κ2) is 6.34. The fourth-order valence-corrected chi connectivity index (χ4v) is 3.06. The van der Waals surface area contributed by atoms with E-state index in [0.717, 1.165) is 29.6 Å². The Hall–Kier alpha value is -1.14. The molecule has 1 fully saturated rings. The summed E-state index contributed by atoms with van der Waals surface area (Å²) in [6, 6.07) is 0. The molecule has 106 valence electrons. The molecule has 0 unspecified atom stereocenters. The van der Waals surface area contributed by atoms with Crippen molar-refractivity contribution in [2.24, 2.45) is 5.92 Å². The molecular weight excluding hydrogens is 262 g/mol. The van der Waals surface area contributed by atoms with Crippen molar-refractivity contribution in [3.05, 3.63) is 10.6 Å². The van der Waals surface area contributed by atoms with Crippen LogP contribution in [0.2, 0.25) is 0 Å². The third kappa shape index (κ3) is 3.67. The summed E-state index contributed by atoms with van der Waals surface area (Å²) in [5, 5.41) is 4.17. The summed E-state index contributed by atoms with van der Waals surface area (Å²) in [6.45, 7) is 5.15. The van der Waals surface area contributed by atoms with Crippen molar-refractivity contribution in [3.63, 3.8) is 0 Å². The highest BCUT2D eigenvalue weighted by Gasteiger charge is 2.19. The Bertz CT molecular complexity index is 439. The van der Waals surface area contributed by atoms with E-state index >= 15 is 0 Å². The van der Waals surface area contributed by atoms with Gasteiger partial charge in [0.05, 0.1) is 7.11 Å². The minimum atomic E-state index is -0.360. The number of aryl methyl sites for hydroxylation is 1. The summed E-state index contributed by atoms with van der Waals surface area (Å²) in [6.07, 6.45) is 2.44. The van der Waals surface area contributed by atoms with Gasteiger partial charge in [0, 0.05) is 11.4 Å². The van der Waals surface area contributed by atoms with Crippen molar-refractivity contribution in [2.75, 3.05) is 39.1 Å². The summed E-state index contributed by atoms with van der Waals surface area (Å²) >= 11 is 1.51. The minimum Gasteiger partial charge on any atom is -0.464 e. The molecule has 1 aromatic rings. The van der Waals surface area contributed by atoms with E-state index in [1.807, 2.05) is 6.92 Å². The molecule has 1 aliphatic rings.